The van der Waals surface area contributed by atoms with Gasteiger partial charge in [-0.25, -0.2) is 0 Å². The van der Waals surface area contributed by atoms with E-state index < -0.39 is 6.10 Å². The van der Waals surface area contributed by atoms with Crippen molar-refractivity contribution < 1.29 is 9.84 Å². The number of aliphatic hydroxyl groups excluding tert-OH is 1. The summed E-state index contributed by atoms with van der Waals surface area (Å²) < 4.78 is 7.55. The first-order chi connectivity index (χ1) is 12.8. The summed E-state index contributed by atoms with van der Waals surface area (Å²) in [6.07, 6.45) is -0.573. The molecule has 1 aromatic heterocycles. The first-order valence-electron chi connectivity index (χ1n) is 8.72. The number of hydrogen-bond acceptors (Lipinski definition) is 2. The van der Waals surface area contributed by atoms with Crippen molar-refractivity contribution >= 4 is 10.9 Å². The Hall–Kier alpha value is -3.04. The van der Waals surface area contributed by atoms with Gasteiger partial charge in [0, 0.05) is 16.6 Å². The number of hydrogen-bond donors (Lipinski definition) is 1. The topological polar surface area (TPSA) is 34.4 Å². The van der Waals surface area contributed by atoms with Crippen molar-refractivity contribution in [2.24, 2.45) is 0 Å². The van der Waals surface area contributed by atoms with Crippen LogP contribution in [0.1, 0.15) is 11.7 Å². The Labute approximate surface area is 153 Å². The van der Waals surface area contributed by atoms with Gasteiger partial charge < -0.3 is 14.4 Å². The molecule has 0 aliphatic heterocycles. The molecule has 0 spiro atoms. The van der Waals surface area contributed by atoms with Crippen molar-refractivity contribution in [1.29, 1.82) is 0 Å². The first-order valence-corrected chi connectivity index (χ1v) is 8.72. The van der Waals surface area contributed by atoms with E-state index in [0.717, 1.165) is 33.5 Å². The number of nitrogens with zero attached hydrogens (tertiary/aromatic N) is 1. The van der Waals surface area contributed by atoms with Crippen LogP contribution in [0.25, 0.3) is 22.2 Å². The van der Waals surface area contributed by atoms with Crippen molar-refractivity contribution in [2.45, 2.75) is 12.6 Å². The van der Waals surface area contributed by atoms with Gasteiger partial charge in [-0.1, -0.05) is 60.7 Å². The highest BCUT2D eigenvalue weighted by Gasteiger charge is 2.15. The number of ether oxygens (including phenoxy) is 1. The molecule has 130 valence electrons. The van der Waals surface area contributed by atoms with Gasteiger partial charge in [0.1, 0.15) is 5.75 Å². The third-order valence-electron chi connectivity index (χ3n) is 4.72. The molecular weight excluding hydrogens is 322 g/mol. The number of aliphatic hydroxyl groups is 1. The molecule has 0 saturated carbocycles. The van der Waals surface area contributed by atoms with E-state index in [1.54, 1.807) is 7.11 Å². The molecule has 0 aliphatic carbocycles. The number of aromatic nitrogens is 1. The zero-order valence-corrected chi connectivity index (χ0v) is 14.7. The van der Waals surface area contributed by atoms with Crippen LogP contribution in [-0.2, 0) is 6.54 Å². The molecule has 0 bridgehead atoms. The Bertz CT molecular complexity index is 1010. The summed E-state index contributed by atoms with van der Waals surface area (Å²) in [5.74, 6) is 0.831. The molecule has 0 saturated heterocycles. The van der Waals surface area contributed by atoms with Crippen LogP contribution in [0, 0.1) is 0 Å². The van der Waals surface area contributed by atoms with Gasteiger partial charge in [-0.05, 0) is 35.4 Å². The fourth-order valence-corrected chi connectivity index (χ4v) is 3.37. The van der Waals surface area contributed by atoms with Crippen LogP contribution in [-0.4, -0.2) is 16.8 Å². The molecule has 1 heterocycles. The monoisotopic (exact) mass is 343 g/mol. The summed E-state index contributed by atoms with van der Waals surface area (Å²) in [7, 11) is 1.68. The van der Waals surface area contributed by atoms with Crippen molar-refractivity contribution in [2.75, 3.05) is 7.11 Å². The molecule has 3 heteroatoms. The summed E-state index contributed by atoms with van der Waals surface area (Å²) >= 11 is 0. The molecule has 1 N–H and O–H groups in total. The highest BCUT2D eigenvalue weighted by Crippen LogP contribution is 2.32. The second-order valence-electron chi connectivity index (χ2n) is 6.36. The Balaban J connectivity index is 1.83. The molecule has 0 aliphatic rings. The number of rotatable bonds is 5. The summed E-state index contributed by atoms with van der Waals surface area (Å²) in [5, 5.41) is 11.9. The summed E-state index contributed by atoms with van der Waals surface area (Å²) in [4.78, 5) is 0. The van der Waals surface area contributed by atoms with Crippen molar-refractivity contribution in [1.82, 2.24) is 4.57 Å². The number of benzene rings is 3. The van der Waals surface area contributed by atoms with Crippen LogP contribution in [0.3, 0.4) is 0 Å². The second kappa shape index (κ2) is 7.06. The van der Waals surface area contributed by atoms with E-state index in [2.05, 4.69) is 28.8 Å². The van der Waals surface area contributed by atoms with Gasteiger partial charge >= 0.3 is 0 Å². The van der Waals surface area contributed by atoms with Crippen LogP contribution in [0.2, 0.25) is 0 Å². The van der Waals surface area contributed by atoms with Gasteiger partial charge in [0.05, 0.1) is 19.8 Å². The second-order valence-corrected chi connectivity index (χ2v) is 6.36. The lowest BCUT2D eigenvalue weighted by molar-refractivity contribution is 0.158. The van der Waals surface area contributed by atoms with E-state index in [1.165, 1.54) is 0 Å². The standard InChI is InChI=1S/C23H21NO2/c1-26-20-12-13-21-19(14-20)15-22(17-8-4-2-5-9-17)24(21)16-23(25)18-10-6-3-7-11-18/h2-15,23,25H,16H2,1H3. The van der Waals surface area contributed by atoms with Gasteiger partial charge in [0.2, 0.25) is 0 Å². The molecule has 1 atom stereocenters. The van der Waals surface area contributed by atoms with E-state index >= 15 is 0 Å². The van der Waals surface area contributed by atoms with E-state index in [9.17, 15) is 5.11 Å². The zero-order valence-electron chi connectivity index (χ0n) is 14.7. The predicted octanol–water partition coefficient (Wildman–Crippen LogP) is 5.05. The molecular formula is C23H21NO2. The van der Waals surface area contributed by atoms with Gasteiger partial charge in [-0.15, -0.1) is 0 Å². The zero-order chi connectivity index (χ0) is 17.9. The maximum atomic E-state index is 10.8. The Morgan fingerprint density at radius 2 is 1.58 bits per heavy atom. The third-order valence-corrected chi connectivity index (χ3v) is 4.72. The highest BCUT2D eigenvalue weighted by molar-refractivity contribution is 5.88. The minimum absolute atomic E-state index is 0.490. The predicted molar refractivity (Wildman–Crippen MR) is 105 cm³/mol. The number of fused-ring (bicyclic) bond motifs is 1. The fraction of sp³-hybridized carbons (Fsp3) is 0.130. The molecule has 3 aromatic carbocycles. The van der Waals surface area contributed by atoms with E-state index in [0.29, 0.717) is 6.54 Å². The van der Waals surface area contributed by atoms with E-state index in [-0.39, 0.29) is 0 Å². The molecule has 3 nitrogen and oxygen atoms in total. The minimum atomic E-state index is -0.573. The molecule has 4 rings (SSSR count). The lowest BCUT2D eigenvalue weighted by Gasteiger charge is -2.16. The third kappa shape index (κ3) is 3.09. The average Bonchev–Trinajstić information content (AvgIpc) is 3.06. The van der Waals surface area contributed by atoms with E-state index in [4.69, 9.17) is 4.74 Å². The molecule has 4 aromatic rings. The van der Waals surface area contributed by atoms with Gasteiger partial charge in [-0.2, -0.15) is 0 Å². The summed E-state index contributed by atoms with van der Waals surface area (Å²) in [5.41, 5.74) is 4.22. The van der Waals surface area contributed by atoms with Gasteiger partial charge in [0.25, 0.3) is 0 Å². The lowest BCUT2D eigenvalue weighted by Crippen LogP contribution is -2.09. The lowest BCUT2D eigenvalue weighted by atomic mass is 10.1. The fourth-order valence-electron chi connectivity index (χ4n) is 3.37. The van der Waals surface area contributed by atoms with Crippen LogP contribution >= 0.6 is 0 Å². The maximum Gasteiger partial charge on any atom is 0.119 e. The van der Waals surface area contributed by atoms with Crippen molar-refractivity contribution in [3.8, 4) is 17.0 Å². The van der Waals surface area contributed by atoms with Crippen molar-refractivity contribution in [3.63, 3.8) is 0 Å². The largest absolute Gasteiger partial charge is 0.497 e. The van der Waals surface area contributed by atoms with Crippen LogP contribution in [0.15, 0.2) is 84.9 Å². The highest BCUT2D eigenvalue weighted by atomic mass is 16.5. The molecule has 0 fully saturated rings. The quantitative estimate of drug-likeness (QED) is 0.550. The SMILES string of the molecule is COc1ccc2c(c1)cc(-c1ccccc1)n2CC(O)c1ccccc1. The molecule has 0 radical (unpaired) electrons. The van der Waals surface area contributed by atoms with Crippen LogP contribution < -0.4 is 4.74 Å². The number of methoxy groups -OCH3 is 1. The smallest absolute Gasteiger partial charge is 0.119 e. The Morgan fingerprint density at radius 3 is 2.27 bits per heavy atom. The molecule has 1 unspecified atom stereocenters. The normalized spacial score (nSPS) is 12.2. The van der Waals surface area contributed by atoms with Crippen molar-refractivity contribution in [3.05, 3.63) is 90.5 Å². The van der Waals surface area contributed by atoms with Crippen LogP contribution in [0.4, 0.5) is 0 Å². The van der Waals surface area contributed by atoms with Crippen LogP contribution in [0.5, 0.6) is 5.75 Å². The molecule has 26 heavy (non-hydrogen) atoms. The summed E-state index contributed by atoms with van der Waals surface area (Å²) in [6, 6.07) is 28.3. The average molecular weight is 343 g/mol. The van der Waals surface area contributed by atoms with Gasteiger partial charge in [0.15, 0.2) is 0 Å². The first kappa shape index (κ1) is 16.4. The summed E-state index contributed by atoms with van der Waals surface area (Å²) in [6.45, 7) is 0.490. The van der Waals surface area contributed by atoms with Gasteiger partial charge in [-0.3, -0.25) is 0 Å². The molecule has 0 amide bonds. The maximum absolute atomic E-state index is 10.8. The Morgan fingerprint density at radius 1 is 0.885 bits per heavy atom. The minimum Gasteiger partial charge on any atom is -0.497 e. The Kier molecular flexibility index (Phi) is 4.46. The van der Waals surface area contributed by atoms with E-state index in [1.807, 2.05) is 60.7 Å².